The van der Waals surface area contributed by atoms with Gasteiger partial charge in [-0.05, 0) is 49.9 Å². The summed E-state index contributed by atoms with van der Waals surface area (Å²) in [4.78, 5) is 12.4. The smallest absolute Gasteiger partial charge is 0.276 e. The largest absolute Gasteiger partial charge is 0.345 e. The van der Waals surface area contributed by atoms with Gasteiger partial charge in [0.05, 0.1) is 4.90 Å². The minimum absolute atomic E-state index is 0.0733. The molecule has 0 N–H and O–H groups in total. The molecule has 0 amide bonds. The molecule has 9 heteroatoms. The molecule has 0 unspecified atom stereocenters. The number of halogens is 1. The minimum Gasteiger partial charge on any atom is -0.276 e. The second-order valence-corrected chi connectivity index (χ2v) is 8.94. The SMILES string of the molecule is Cn1nc(C2CCN(S(=O)(=O)c3ccc(F)cc3)CC2)n(C2CC2)c1=O. The van der Waals surface area contributed by atoms with Gasteiger partial charge in [-0.25, -0.2) is 22.3 Å². The molecule has 2 fully saturated rings. The second-order valence-electron chi connectivity index (χ2n) is 7.00. The average molecular weight is 380 g/mol. The van der Waals surface area contributed by atoms with Crippen molar-refractivity contribution in [1.29, 1.82) is 0 Å². The normalized spacial score (nSPS) is 19.8. The summed E-state index contributed by atoms with van der Waals surface area (Å²) in [6.07, 6.45) is 3.22. The van der Waals surface area contributed by atoms with Gasteiger partial charge in [0, 0.05) is 32.1 Å². The van der Waals surface area contributed by atoms with Crippen LogP contribution in [-0.4, -0.2) is 40.2 Å². The van der Waals surface area contributed by atoms with Crippen molar-refractivity contribution >= 4 is 10.0 Å². The van der Waals surface area contributed by atoms with Gasteiger partial charge < -0.3 is 0 Å². The molecule has 1 aliphatic heterocycles. The third-order valence-corrected chi connectivity index (χ3v) is 7.08. The highest BCUT2D eigenvalue weighted by Gasteiger charge is 2.35. The summed E-state index contributed by atoms with van der Waals surface area (Å²) in [5.74, 6) is 0.388. The summed E-state index contributed by atoms with van der Waals surface area (Å²) in [5, 5.41) is 4.41. The molecule has 1 aromatic heterocycles. The number of sulfonamides is 1. The number of aromatic nitrogens is 3. The van der Waals surface area contributed by atoms with Crippen LogP contribution in [0.15, 0.2) is 34.0 Å². The topological polar surface area (TPSA) is 77.2 Å². The summed E-state index contributed by atoms with van der Waals surface area (Å²) in [5.41, 5.74) is -0.0936. The van der Waals surface area contributed by atoms with E-state index < -0.39 is 15.8 Å². The maximum Gasteiger partial charge on any atom is 0.345 e. The highest BCUT2D eigenvalue weighted by molar-refractivity contribution is 7.89. The molecule has 1 aromatic carbocycles. The number of hydrogen-bond donors (Lipinski definition) is 0. The predicted molar refractivity (Wildman–Crippen MR) is 92.9 cm³/mol. The Morgan fingerprint density at radius 3 is 2.27 bits per heavy atom. The number of piperidine rings is 1. The molecule has 1 aliphatic carbocycles. The fourth-order valence-electron chi connectivity index (χ4n) is 3.56. The van der Waals surface area contributed by atoms with Crippen LogP contribution in [0.3, 0.4) is 0 Å². The van der Waals surface area contributed by atoms with Gasteiger partial charge in [0.25, 0.3) is 0 Å². The minimum atomic E-state index is -3.63. The summed E-state index contributed by atoms with van der Waals surface area (Å²) in [6.45, 7) is 0.722. The first kappa shape index (κ1) is 17.4. The lowest BCUT2D eigenvalue weighted by molar-refractivity contribution is 0.308. The summed E-state index contributed by atoms with van der Waals surface area (Å²) in [6, 6.07) is 5.14. The molecule has 0 spiro atoms. The molecule has 0 atom stereocenters. The van der Waals surface area contributed by atoms with Crippen LogP contribution in [0.5, 0.6) is 0 Å². The molecule has 2 heterocycles. The summed E-state index contributed by atoms with van der Waals surface area (Å²) < 4.78 is 43.1. The van der Waals surface area contributed by atoms with Gasteiger partial charge in [0.15, 0.2) is 0 Å². The first-order valence-electron chi connectivity index (χ1n) is 8.79. The molecular formula is C17H21FN4O3S. The Balaban J connectivity index is 1.52. The van der Waals surface area contributed by atoms with Gasteiger partial charge >= 0.3 is 5.69 Å². The molecule has 26 heavy (non-hydrogen) atoms. The fourth-order valence-corrected chi connectivity index (χ4v) is 5.03. The lowest BCUT2D eigenvalue weighted by atomic mass is 9.97. The maximum atomic E-state index is 13.1. The van der Waals surface area contributed by atoms with Gasteiger partial charge in [-0.3, -0.25) is 4.57 Å². The van der Waals surface area contributed by atoms with E-state index >= 15 is 0 Å². The molecular weight excluding hydrogens is 359 g/mol. The third kappa shape index (κ3) is 2.99. The van der Waals surface area contributed by atoms with Crippen LogP contribution in [0.25, 0.3) is 0 Å². The standard InChI is InChI=1S/C17H21FN4O3S/c1-20-17(23)22(14-4-5-14)16(19-20)12-8-10-21(11-9-12)26(24,25)15-6-2-13(18)3-7-15/h2-3,6-7,12,14H,4-5,8-11H2,1H3. The number of aryl methyl sites for hydroxylation is 1. The lowest BCUT2D eigenvalue weighted by Gasteiger charge is -2.30. The van der Waals surface area contributed by atoms with E-state index in [0.29, 0.717) is 25.9 Å². The van der Waals surface area contributed by atoms with E-state index in [1.807, 2.05) is 0 Å². The van der Waals surface area contributed by atoms with Crippen LogP contribution in [0.2, 0.25) is 0 Å². The second kappa shape index (κ2) is 6.31. The molecule has 2 aromatic rings. The molecule has 1 saturated carbocycles. The van der Waals surface area contributed by atoms with E-state index in [2.05, 4.69) is 5.10 Å². The molecule has 0 bridgehead atoms. The van der Waals surface area contributed by atoms with Crippen molar-refractivity contribution in [2.75, 3.05) is 13.1 Å². The van der Waals surface area contributed by atoms with Crippen LogP contribution in [0.1, 0.15) is 43.5 Å². The summed E-state index contributed by atoms with van der Waals surface area (Å²) >= 11 is 0. The Kier molecular flexibility index (Phi) is 4.23. The van der Waals surface area contributed by atoms with Crippen LogP contribution < -0.4 is 5.69 Å². The number of benzene rings is 1. The van der Waals surface area contributed by atoms with Crippen LogP contribution in [0.4, 0.5) is 4.39 Å². The number of rotatable bonds is 4. The summed E-state index contributed by atoms with van der Waals surface area (Å²) in [7, 11) is -1.98. The zero-order valence-electron chi connectivity index (χ0n) is 14.5. The van der Waals surface area contributed by atoms with Gasteiger partial charge in [-0.15, -0.1) is 0 Å². The average Bonchev–Trinajstić information content (AvgIpc) is 3.42. The van der Waals surface area contributed by atoms with Crippen molar-refractivity contribution in [1.82, 2.24) is 18.7 Å². The predicted octanol–water partition coefficient (Wildman–Crippen LogP) is 1.62. The van der Waals surface area contributed by atoms with E-state index in [0.717, 1.165) is 30.8 Å². The zero-order chi connectivity index (χ0) is 18.5. The van der Waals surface area contributed by atoms with E-state index in [1.54, 1.807) is 11.6 Å². The molecule has 4 rings (SSSR count). The van der Waals surface area contributed by atoms with E-state index in [1.165, 1.54) is 21.1 Å². The van der Waals surface area contributed by atoms with Crippen LogP contribution in [0, 0.1) is 5.82 Å². The van der Waals surface area contributed by atoms with Crippen molar-refractivity contribution in [3.05, 3.63) is 46.4 Å². The van der Waals surface area contributed by atoms with Gasteiger partial charge in [-0.2, -0.15) is 9.40 Å². The Morgan fingerprint density at radius 1 is 1.08 bits per heavy atom. The van der Waals surface area contributed by atoms with Gasteiger partial charge in [-0.1, -0.05) is 0 Å². The first-order valence-corrected chi connectivity index (χ1v) is 10.2. The van der Waals surface area contributed by atoms with Gasteiger partial charge in [0.1, 0.15) is 11.6 Å². The number of nitrogens with zero attached hydrogens (tertiary/aromatic N) is 4. The van der Waals surface area contributed by atoms with E-state index in [-0.39, 0.29) is 22.5 Å². The monoisotopic (exact) mass is 380 g/mol. The van der Waals surface area contributed by atoms with Crippen molar-refractivity contribution in [3.8, 4) is 0 Å². The molecule has 0 radical (unpaired) electrons. The van der Waals surface area contributed by atoms with Crippen molar-refractivity contribution < 1.29 is 12.8 Å². The van der Waals surface area contributed by atoms with Gasteiger partial charge in [0.2, 0.25) is 10.0 Å². The Hall–Kier alpha value is -2.00. The Morgan fingerprint density at radius 2 is 1.69 bits per heavy atom. The zero-order valence-corrected chi connectivity index (χ0v) is 15.3. The van der Waals surface area contributed by atoms with Crippen molar-refractivity contribution in [2.45, 2.75) is 42.5 Å². The van der Waals surface area contributed by atoms with E-state index in [4.69, 9.17) is 0 Å². The molecule has 140 valence electrons. The molecule has 1 saturated heterocycles. The fraction of sp³-hybridized carbons (Fsp3) is 0.529. The number of hydrogen-bond acceptors (Lipinski definition) is 4. The lowest BCUT2D eigenvalue weighted by Crippen LogP contribution is -2.38. The van der Waals surface area contributed by atoms with Crippen molar-refractivity contribution in [3.63, 3.8) is 0 Å². The Bertz CT molecular complexity index is 968. The first-order chi connectivity index (χ1) is 12.4. The molecule has 7 nitrogen and oxygen atoms in total. The van der Waals surface area contributed by atoms with Crippen LogP contribution >= 0.6 is 0 Å². The highest BCUT2D eigenvalue weighted by Crippen LogP contribution is 2.38. The Labute approximate surface area is 151 Å². The maximum absolute atomic E-state index is 13.1. The third-order valence-electron chi connectivity index (χ3n) is 5.16. The quantitative estimate of drug-likeness (QED) is 0.808. The highest BCUT2D eigenvalue weighted by atomic mass is 32.2. The van der Waals surface area contributed by atoms with E-state index in [9.17, 15) is 17.6 Å². The van der Waals surface area contributed by atoms with Crippen molar-refractivity contribution in [2.24, 2.45) is 7.05 Å². The van der Waals surface area contributed by atoms with Crippen LogP contribution in [-0.2, 0) is 17.1 Å². The molecule has 2 aliphatic rings.